The lowest BCUT2D eigenvalue weighted by Crippen LogP contribution is -2.16. The largest absolute Gasteiger partial charge is 0.369 e. The van der Waals surface area contributed by atoms with Crippen molar-refractivity contribution in [3.8, 4) is 0 Å². The van der Waals surface area contributed by atoms with Crippen LogP contribution in [0, 0.1) is 6.92 Å². The first-order chi connectivity index (χ1) is 11.9. The van der Waals surface area contributed by atoms with E-state index < -0.39 is 0 Å². The van der Waals surface area contributed by atoms with Gasteiger partial charge in [-0.2, -0.15) is 0 Å². The van der Waals surface area contributed by atoms with Gasteiger partial charge in [0.2, 0.25) is 5.91 Å². The van der Waals surface area contributed by atoms with Crippen molar-refractivity contribution in [3.05, 3.63) is 40.1 Å². The molecule has 0 saturated heterocycles. The monoisotopic (exact) mass is 438 g/mol. The molecule has 0 saturated carbocycles. The lowest BCUT2D eigenvalue weighted by molar-refractivity contribution is -0.115. The number of benzene rings is 1. The van der Waals surface area contributed by atoms with Crippen LogP contribution < -0.4 is 11.1 Å². The van der Waals surface area contributed by atoms with Gasteiger partial charge in [-0.1, -0.05) is 29.5 Å². The number of nitrogens with zero attached hydrogens (tertiary/aromatic N) is 2. The highest BCUT2D eigenvalue weighted by molar-refractivity contribution is 9.10. The highest BCUT2D eigenvalue weighted by Crippen LogP contribution is 2.34. The molecule has 2 amide bonds. The van der Waals surface area contributed by atoms with Gasteiger partial charge in [-0.3, -0.25) is 14.9 Å². The molecule has 0 radical (unpaired) electrons. The molecular formula is C16H15BrN4O2S2. The molecule has 0 spiro atoms. The summed E-state index contributed by atoms with van der Waals surface area (Å²) in [5, 5.41) is 4.31. The fourth-order valence-corrected chi connectivity index (χ4v) is 5.12. The van der Waals surface area contributed by atoms with Crippen LogP contribution in [0.25, 0.3) is 10.9 Å². The minimum absolute atomic E-state index is 0.186. The van der Waals surface area contributed by atoms with Crippen LogP contribution in [0.15, 0.2) is 32.9 Å². The van der Waals surface area contributed by atoms with Gasteiger partial charge in [-0.05, 0) is 28.9 Å². The number of thiazole rings is 1. The minimum atomic E-state index is -0.386. The molecule has 2 aromatic heterocycles. The summed E-state index contributed by atoms with van der Waals surface area (Å²) in [7, 11) is 1.85. The third kappa shape index (κ3) is 3.58. The molecule has 0 aliphatic carbocycles. The van der Waals surface area contributed by atoms with Crippen molar-refractivity contribution in [1.29, 1.82) is 0 Å². The number of nitrogens with two attached hydrogens (primary N) is 1. The fourth-order valence-electron chi connectivity index (χ4n) is 2.46. The topological polar surface area (TPSA) is 90.0 Å². The lowest BCUT2D eigenvalue weighted by Gasteiger charge is -2.04. The predicted molar refractivity (Wildman–Crippen MR) is 105 cm³/mol. The van der Waals surface area contributed by atoms with Crippen molar-refractivity contribution in [2.24, 2.45) is 12.8 Å². The number of halogens is 1. The standard InChI is InChI=1S/C16H15BrN4O2S2/c1-8-15(24-7-11(18)22)25-16(19-8)20-14(23)13-12(17)9-5-3-4-6-10(9)21(13)2/h3-6H,7H2,1-2H3,(H2,18,22)(H,19,20,23). The van der Waals surface area contributed by atoms with Gasteiger partial charge in [0.15, 0.2) is 5.13 Å². The van der Waals surface area contributed by atoms with Gasteiger partial charge in [0.1, 0.15) is 5.69 Å². The molecule has 130 valence electrons. The fraction of sp³-hybridized carbons (Fsp3) is 0.188. The van der Waals surface area contributed by atoms with E-state index in [2.05, 4.69) is 26.2 Å². The van der Waals surface area contributed by atoms with E-state index in [0.29, 0.717) is 10.8 Å². The van der Waals surface area contributed by atoms with E-state index >= 15 is 0 Å². The molecule has 2 heterocycles. The first-order valence-electron chi connectivity index (χ1n) is 7.31. The van der Waals surface area contributed by atoms with Crippen LogP contribution in [0.2, 0.25) is 0 Å². The van der Waals surface area contributed by atoms with Crippen LogP contribution in [0.5, 0.6) is 0 Å². The number of fused-ring (bicyclic) bond motifs is 1. The second-order valence-corrected chi connectivity index (χ2v) is 8.38. The average Bonchev–Trinajstić information content (AvgIpc) is 3.03. The van der Waals surface area contributed by atoms with Crippen LogP contribution in [-0.2, 0) is 11.8 Å². The Morgan fingerprint density at radius 2 is 2.12 bits per heavy atom. The van der Waals surface area contributed by atoms with Gasteiger partial charge in [0.25, 0.3) is 5.91 Å². The molecule has 0 atom stereocenters. The lowest BCUT2D eigenvalue weighted by atomic mass is 10.2. The minimum Gasteiger partial charge on any atom is -0.369 e. The second kappa shape index (κ2) is 7.19. The zero-order valence-corrected chi connectivity index (χ0v) is 16.7. The van der Waals surface area contributed by atoms with E-state index in [-0.39, 0.29) is 17.6 Å². The zero-order valence-electron chi connectivity index (χ0n) is 13.5. The van der Waals surface area contributed by atoms with Gasteiger partial charge >= 0.3 is 0 Å². The third-order valence-corrected chi connectivity index (χ3v) is 6.84. The summed E-state index contributed by atoms with van der Waals surface area (Å²) in [4.78, 5) is 28.0. The number of para-hydroxylation sites is 1. The normalized spacial score (nSPS) is 11.0. The number of thioether (sulfide) groups is 1. The molecule has 3 rings (SSSR count). The Labute approximate surface area is 160 Å². The Bertz CT molecular complexity index is 941. The van der Waals surface area contributed by atoms with Crippen molar-refractivity contribution >= 4 is 66.9 Å². The molecule has 3 aromatic rings. The Balaban J connectivity index is 1.86. The van der Waals surface area contributed by atoms with Crippen LogP contribution in [0.1, 0.15) is 16.2 Å². The van der Waals surface area contributed by atoms with Crippen LogP contribution in [0.3, 0.4) is 0 Å². The number of primary amides is 1. The maximum absolute atomic E-state index is 12.7. The molecule has 0 bridgehead atoms. The van der Waals surface area contributed by atoms with Gasteiger partial charge < -0.3 is 10.3 Å². The summed E-state index contributed by atoms with van der Waals surface area (Å²) in [5.41, 5.74) is 7.43. The molecular weight excluding hydrogens is 424 g/mol. The van der Waals surface area contributed by atoms with Crippen LogP contribution in [0.4, 0.5) is 5.13 Å². The first-order valence-corrected chi connectivity index (χ1v) is 9.90. The van der Waals surface area contributed by atoms with Gasteiger partial charge in [0.05, 0.1) is 20.1 Å². The predicted octanol–water partition coefficient (Wildman–Crippen LogP) is 3.54. The number of nitrogens with one attached hydrogen (secondary N) is 1. The van der Waals surface area contributed by atoms with Crippen LogP contribution >= 0.6 is 39.0 Å². The first kappa shape index (κ1) is 18.0. The molecule has 0 aliphatic heterocycles. The number of anilines is 1. The molecule has 6 nitrogen and oxygen atoms in total. The Hall–Kier alpha value is -1.84. The summed E-state index contributed by atoms with van der Waals surface area (Å²) in [6.07, 6.45) is 0. The second-order valence-electron chi connectivity index (χ2n) is 5.34. The smallest absolute Gasteiger partial charge is 0.275 e. The number of carbonyl (C=O) groups is 2. The van der Waals surface area contributed by atoms with Gasteiger partial charge in [0, 0.05) is 18.0 Å². The van der Waals surface area contributed by atoms with Crippen LogP contribution in [-0.4, -0.2) is 27.1 Å². The maximum Gasteiger partial charge on any atom is 0.275 e. The van der Waals surface area contributed by atoms with Crippen molar-refractivity contribution in [3.63, 3.8) is 0 Å². The van der Waals surface area contributed by atoms with Crippen molar-refractivity contribution < 1.29 is 9.59 Å². The number of aryl methyl sites for hydroxylation is 2. The average molecular weight is 439 g/mol. The summed E-state index contributed by atoms with van der Waals surface area (Å²) in [6.45, 7) is 1.84. The molecule has 0 fully saturated rings. The zero-order chi connectivity index (χ0) is 18.1. The number of amides is 2. The van der Waals surface area contributed by atoms with E-state index in [1.807, 2.05) is 42.8 Å². The molecule has 0 aliphatic rings. The molecule has 0 unspecified atom stereocenters. The van der Waals surface area contributed by atoms with Gasteiger partial charge in [-0.25, -0.2) is 4.98 Å². The van der Waals surface area contributed by atoms with E-state index in [4.69, 9.17) is 5.73 Å². The molecule has 9 heteroatoms. The van der Waals surface area contributed by atoms with E-state index in [1.54, 1.807) is 0 Å². The van der Waals surface area contributed by atoms with Crippen molar-refractivity contribution in [2.75, 3.05) is 11.1 Å². The highest BCUT2D eigenvalue weighted by Gasteiger charge is 2.21. The highest BCUT2D eigenvalue weighted by atomic mass is 79.9. The van der Waals surface area contributed by atoms with Gasteiger partial charge in [-0.15, -0.1) is 11.8 Å². The summed E-state index contributed by atoms with van der Waals surface area (Å²) < 4.78 is 3.46. The molecule has 25 heavy (non-hydrogen) atoms. The Kier molecular flexibility index (Phi) is 5.16. The quantitative estimate of drug-likeness (QED) is 0.596. The Morgan fingerprint density at radius 1 is 1.40 bits per heavy atom. The molecule has 1 aromatic carbocycles. The van der Waals surface area contributed by atoms with E-state index in [0.717, 1.165) is 25.3 Å². The molecule has 3 N–H and O–H groups in total. The van der Waals surface area contributed by atoms with E-state index in [1.165, 1.54) is 23.1 Å². The van der Waals surface area contributed by atoms with Crippen molar-refractivity contribution in [1.82, 2.24) is 9.55 Å². The van der Waals surface area contributed by atoms with E-state index in [9.17, 15) is 9.59 Å². The number of hydrogen-bond donors (Lipinski definition) is 2. The summed E-state index contributed by atoms with van der Waals surface area (Å²) in [5.74, 6) is -0.445. The summed E-state index contributed by atoms with van der Waals surface area (Å²) in [6, 6.07) is 7.79. The van der Waals surface area contributed by atoms with Crippen molar-refractivity contribution in [2.45, 2.75) is 11.1 Å². The number of carbonyl (C=O) groups excluding carboxylic acids is 2. The Morgan fingerprint density at radius 3 is 2.80 bits per heavy atom. The number of hydrogen-bond acceptors (Lipinski definition) is 5. The maximum atomic E-state index is 12.7. The number of rotatable bonds is 5. The number of aromatic nitrogens is 2. The summed E-state index contributed by atoms with van der Waals surface area (Å²) >= 11 is 6.18. The SMILES string of the molecule is Cc1nc(NC(=O)c2c(Br)c3ccccc3n2C)sc1SCC(N)=O. The third-order valence-electron chi connectivity index (χ3n) is 3.58.